The van der Waals surface area contributed by atoms with Gasteiger partial charge in [-0.25, -0.2) is 9.59 Å². The quantitative estimate of drug-likeness (QED) is 0.0308. The van der Waals surface area contributed by atoms with Gasteiger partial charge in [-0.1, -0.05) is 11.6 Å². The highest BCUT2D eigenvalue weighted by molar-refractivity contribution is 6.42. The van der Waals surface area contributed by atoms with Crippen molar-refractivity contribution in [3.05, 3.63) is 93.0 Å². The molecule has 4 aromatic rings. The monoisotopic (exact) mass is 992 g/mol. The van der Waals surface area contributed by atoms with Crippen LogP contribution in [0.25, 0.3) is 0 Å². The smallest absolute Gasteiger partial charge is 0.350 e. The normalized spacial score (nSPS) is 19.4. The second-order valence-corrected chi connectivity index (χ2v) is 18.2. The van der Waals surface area contributed by atoms with Gasteiger partial charge in [0, 0.05) is 54.9 Å². The number of carbonyl (C=O) groups excluding carboxylic acids is 2. The van der Waals surface area contributed by atoms with Crippen molar-refractivity contribution in [3.63, 3.8) is 0 Å². The molecule has 0 spiro atoms. The van der Waals surface area contributed by atoms with Crippen LogP contribution in [0.1, 0.15) is 58.3 Å². The van der Waals surface area contributed by atoms with Crippen molar-refractivity contribution in [1.82, 2.24) is 0 Å². The molecule has 2 heterocycles. The van der Waals surface area contributed by atoms with Crippen molar-refractivity contribution in [2.75, 3.05) is 125 Å². The zero-order valence-corrected chi connectivity index (χ0v) is 43.4. The molecule has 0 fully saturated rings. The first-order valence-corrected chi connectivity index (χ1v) is 23.5. The maximum absolute atomic E-state index is 13.1. The van der Waals surface area contributed by atoms with Crippen LogP contribution in [0.3, 0.4) is 0 Å². The van der Waals surface area contributed by atoms with E-state index in [0.29, 0.717) is 98.8 Å². The maximum Gasteiger partial charge on any atom is 0.350 e. The lowest BCUT2D eigenvalue weighted by Crippen LogP contribution is -2.52. The van der Waals surface area contributed by atoms with Gasteiger partial charge in [0.15, 0.2) is 46.0 Å². The zero-order valence-electron chi connectivity index (χ0n) is 42.6. The standard InChI is InChI=1S/C53H69ClN2O14/c1-55(19-15-34-26-41(59-3)43(61-5)30-37(34)40(55)23-33-24-45(63-7)51(67-11)46(25-33)64-8)17-13-21-69-49(57)32-39(54)53(58)70-22-14-18-56(2)20-16-35-27-42(60-4)44(62-6)31-38(35)50(56)36-28-47(65-9)52(68-12)48(29-36)66-10/h24-32,40,50H,13-23H2,1-12H3/q+2/b39-32-/t40-,50+,55-,56+/m1/s1. The van der Waals surface area contributed by atoms with E-state index in [0.717, 1.165) is 59.8 Å². The summed E-state index contributed by atoms with van der Waals surface area (Å²) in [7, 11) is 20.5. The summed E-state index contributed by atoms with van der Waals surface area (Å²) in [4.78, 5) is 26.1. The number of quaternary nitrogens is 2. The molecule has 6 rings (SSSR count). The predicted octanol–water partition coefficient (Wildman–Crippen LogP) is 7.84. The van der Waals surface area contributed by atoms with Crippen molar-refractivity contribution < 1.29 is 75.4 Å². The lowest BCUT2D eigenvalue weighted by atomic mass is 9.85. The number of likely N-dealkylation sites (N-methyl/N-ethyl adjacent to an activating group) is 2. The number of methoxy groups -OCH3 is 10. The third-order valence-electron chi connectivity index (χ3n) is 13.8. The topological polar surface area (TPSA) is 145 Å². The Labute approximate surface area is 416 Å². The largest absolute Gasteiger partial charge is 0.493 e. The number of fused-ring (bicyclic) bond motifs is 2. The van der Waals surface area contributed by atoms with E-state index in [1.807, 2.05) is 36.4 Å². The van der Waals surface area contributed by atoms with E-state index >= 15 is 0 Å². The Hall–Kier alpha value is -6.23. The zero-order chi connectivity index (χ0) is 50.8. The Balaban J connectivity index is 1.10. The summed E-state index contributed by atoms with van der Waals surface area (Å²) in [5.41, 5.74) is 6.47. The molecule has 0 bridgehead atoms. The van der Waals surface area contributed by atoms with Gasteiger partial charge in [-0.2, -0.15) is 0 Å². The molecule has 0 N–H and O–H groups in total. The highest BCUT2D eigenvalue weighted by Gasteiger charge is 2.43. The molecule has 0 saturated carbocycles. The van der Waals surface area contributed by atoms with Crippen LogP contribution < -0.4 is 47.4 Å². The predicted molar refractivity (Wildman–Crippen MR) is 264 cm³/mol. The van der Waals surface area contributed by atoms with Gasteiger partial charge in [0.2, 0.25) is 11.5 Å². The summed E-state index contributed by atoms with van der Waals surface area (Å²) in [5.74, 6) is 4.29. The second kappa shape index (κ2) is 23.6. The first kappa shape index (κ1) is 53.1. The molecule has 0 amide bonds. The van der Waals surface area contributed by atoms with Crippen molar-refractivity contribution in [2.45, 2.75) is 44.2 Å². The Bertz CT molecular complexity index is 2480. The van der Waals surface area contributed by atoms with Crippen LogP contribution in [0.5, 0.6) is 57.5 Å². The number of esters is 2. The molecule has 0 aliphatic carbocycles. The van der Waals surface area contributed by atoms with E-state index in [4.69, 9.17) is 68.4 Å². The maximum atomic E-state index is 13.1. The van der Waals surface area contributed by atoms with Gasteiger partial charge in [0.25, 0.3) is 0 Å². The second-order valence-electron chi connectivity index (χ2n) is 17.8. The third kappa shape index (κ3) is 11.3. The van der Waals surface area contributed by atoms with Crippen LogP contribution in [-0.2, 0) is 38.3 Å². The molecule has 70 heavy (non-hydrogen) atoms. The summed E-state index contributed by atoms with van der Waals surface area (Å²) in [6.45, 7) is 3.09. The van der Waals surface area contributed by atoms with E-state index in [1.165, 1.54) is 5.56 Å². The number of benzene rings is 4. The molecule has 0 aromatic heterocycles. The molecule has 0 unspecified atom stereocenters. The van der Waals surface area contributed by atoms with Gasteiger partial charge in [-0.15, -0.1) is 0 Å². The molecular weight excluding hydrogens is 924 g/mol. The van der Waals surface area contributed by atoms with Crippen LogP contribution in [-0.4, -0.2) is 145 Å². The summed E-state index contributed by atoms with van der Waals surface area (Å²) >= 11 is 6.36. The molecule has 2 aliphatic rings. The Morgan fingerprint density at radius 3 is 1.47 bits per heavy atom. The minimum Gasteiger partial charge on any atom is -0.493 e. The highest BCUT2D eigenvalue weighted by Crippen LogP contribution is 2.49. The molecule has 0 radical (unpaired) electrons. The van der Waals surface area contributed by atoms with Gasteiger partial charge in [-0.05, 0) is 65.2 Å². The SMILES string of the molecule is COc1cc2c(cc1OC)[C@H](c1cc(OC)c(OC)c(OC)c1)[N@@+](C)(CCCOC(=O)/C(Cl)=C/C(=O)OCCC[N@+]1(C)CCc3cc(OC)c(OC)cc3[C@H]1Cc1cc(OC)c(OC)c(OC)c1)CC2. The van der Waals surface area contributed by atoms with E-state index in [-0.39, 0.29) is 30.3 Å². The van der Waals surface area contributed by atoms with Crippen molar-refractivity contribution in [1.29, 1.82) is 0 Å². The molecule has 4 aromatic carbocycles. The molecule has 17 heteroatoms. The van der Waals surface area contributed by atoms with Crippen molar-refractivity contribution >= 4 is 23.5 Å². The Morgan fingerprint density at radius 2 is 0.971 bits per heavy atom. The molecule has 4 atom stereocenters. The van der Waals surface area contributed by atoms with Crippen LogP contribution in [0.2, 0.25) is 0 Å². The molecule has 16 nitrogen and oxygen atoms in total. The van der Waals surface area contributed by atoms with Crippen LogP contribution >= 0.6 is 11.6 Å². The van der Waals surface area contributed by atoms with E-state index in [2.05, 4.69) is 26.2 Å². The number of carbonyl (C=O) groups is 2. The summed E-state index contributed by atoms with van der Waals surface area (Å²) in [6.07, 6.45) is 4.25. The molecule has 380 valence electrons. The number of hydrogen-bond donors (Lipinski definition) is 0. The lowest BCUT2D eigenvalue weighted by Gasteiger charge is -2.46. The first-order chi connectivity index (χ1) is 33.7. The average molecular weight is 994 g/mol. The number of hydrogen-bond acceptors (Lipinski definition) is 14. The summed E-state index contributed by atoms with van der Waals surface area (Å²) < 4.78 is 69.4. The van der Waals surface area contributed by atoms with Crippen molar-refractivity contribution in [2.24, 2.45) is 0 Å². The minimum atomic E-state index is -0.810. The number of nitrogens with zero attached hydrogens (tertiary/aromatic N) is 2. The Kier molecular flexibility index (Phi) is 17.9. The van der Waals surface area contributed by atoms with E-state index in [9.17, 15) is 9.59 Å². The minimum absolute atomic E-state index is 0.0190. The number of halogens is 1. The van der Waals surface area contributed by atoms with Gasteiger partial charge >= 0.3 is 11.9 Å². The Morgan fingerprint density at radius 1 is 0.543 bits per heavy atom. The molecular formula is C53H69ClN2O14+2. The highest BCUT2D eigenvalue weighted by atomic mass is 35.5. The van der Waals surface area contributed by atoms with Gasteiger partial charge in [0.1, 0.15) is 17.1 Å². The number of ether oxygens (including phenoxy) is 12. The van der Waals surface area contributed by atoms with E-state index in [1.54, 1.807) is 71.1 Å². The fourth-order valence-electron chi connectivity index (χ4n) is 10.2. The number of rotatable bonds is 23. The summed E-state index contributed by atoms with van der Waals surface area (Å²) in [5, 5.41) is -0.366. The fraction of sp³-hybridized carbons (Fsp3) is 0.472. The van der Waals surface area contributed by atoms with Crippen LogP contribution in [0.4, 0.5) is 0 Å². The summed E-state index contributed by atoms with van der Waals surface area (Å²) in [6, 6.07) is 15.9. The van der Waals surface area contributed by atoms with Crippen LogP contribution in [0, 0.1) is 0 Å². The third-order valence-corrected chi connectivity index (χ3v) is 14.1. The van der Waals surface area contributed by atoms with Gasteiger partial charge in [-0.3, -0.25) is 0 Å². The molecule has 2 aliphatic heterocycles. The van der Waals surface area contributed by atoms with E-state index < -0.39 is 11.9 Å². The fourth-order valence-corrected chi connectivity index (χ4v) is 10.3. The lowest BCUT2D eigenvalue weighted by molar-refractivity contribution is -0.941. The average Bonchev–Trinajstić information content (AvgIpc) is 3.37. The first-order valence-electron chi connectivity index (χ1n) is 23.2. The van der Waals surface area contributed by atoms with Crippen molar-refractivity contribution in [3.8, 4) is 57.5 Å². The van der Waals surface area contributed by atoms with Gasteiger partial charge in [0.05, 0.1) is 125 Å². The van der Waals surface area contributed by atoms with Gasteiger partial charge < -0.3 is 65.8 Å². The van der Waals surface area contributed by atoms with Crippen LogP contribution in [0.15, 0.2) is 59.6 Å². The molecule has 0 saturated heterocycles.